The summed E-state index contributed by atoms with van der Waals surface area (Å²) >= 11 is 0. The molecule has 0 radical (unpaired) electrons. The molecular formula is C23H22N4O. The number of hydrogen-bond donors (Lipinski definition) is 1. The van der Waals surface area contributed by atoms with Crippen molar-refractivity contribution in [2.75, 3.05) is 0 Å². The van der Waals surface area contributed by atoms with Crippen molar-refractivity contribution in [3.63, 3.8) is 0 Å². The summed E-state index contributed by atoms with van der Waals surface area (Å²) in [5.41, 5.74) is 3.17. The van der Waals surface area contributed by atoms with Gasteiger partial charge in [0.05, 0.1) is 28.0 Å². The van der Waals surface area contributed by atoms with Gasteiger partial charge < -0.3 is 9.55 Å². The molecule has 5 heteroatoms. The van der Waals surface area contributed by atoms with E-state index >= 15 is 0 Å². The number of fused-ring (bicyclic) bond motifs is 1. The van der Waals surface area contributed by atoms with Crippen LogP contribution in [0.5, 0.6) is 0 Å². The van der Waals surface area contributed by atoms with Crippen LogP contribution in [0.2, 0.25) is 0 Å². The lowest BCUT2D eigenvalue weighted by Gasteiger charge is -2.15. The van der Waals surface area contributed by atoms with Crippen LogP contribution in [0, 0.1) is 22.7 Å². The normalized spacial score (nSPS) is 14.9. The second-order valence-corrected chi connectivity index (χ2v) is 8.07. The maximum absolute atomic E-state index is 12.7. The number of aromatic nitrogens is 2. The molecule has 4 rings (SSSR count). The molecule has 0 saturated heterocycles. The van der Waals surface area contributed by atoms with Crippen LogP contribution >= 0.6 is 0 Å². The first kappa shape index (κ1) is 18.1. The van der Waals surface area contributed by atoms with Gasteiger partial charge in [-0.15, -0.1) is 0 Å². The first-order valence-corrected chi connectivity index (χ1v) is 9.65. The second-order valence-electron chi connectivity index (χ2n) is 8.07. The lowest BCUT2D eigenvalue weighted by molar-refractivity contribution is 0.535. The molecule has 0 bridgehead atoms. The Morgan fingerprint density at radius 1 is 1.14 bits per heavy atom. The highest BCUT2D eigenvalue weighted by Gasteiger charge is 2.25. The average Bonchev–Trinajstić information content (AvgIpc) is 3.37. The first-order valence-electron chi connectivity index (χ1n) is 9.65. The van der Waals surface area contributed by atoms with Crippen LogP contribution in [0.1, 0.15) is 56.7 Å². The molecule has 0 aliphatic heterocycles. The number of hydrogen-bond acceptors (Lipinski definition) is 3. The fourth-order valence-electron chi connectivity index (χ4n) is 4.21. The van der Waals surface area contributed by atoms with Crippen LogP contribution in [0.4, 0.5) is 0 Å². The van der Waals surface area contributed by atoms with Gasteiger partial charge >= 0.3 is 0 Å². The SMILES string of the molecule is CC(C)(C#N)c1ccc(-c2cn(C3CCCC3)c3c(C#N)c[nH]c(=O)c23)cc1. The zero-order valence-corrected chi connectivity index (χ0v) is 16.1. The van der Waals surface area contributed by atoms with E-state index in [0.717, 1.165) is 35.0 Å². The number of nitrogens with one attached hydrogen (secondary N) is 1. The molecule has 1 aromatic carbocycles. The number of aromatic amines is 1. The lowest BCUT2D eigenvalue weighted by Crippen LogP contribution is -2.13. The van der Waals surface area contributed by atoms with Gasteiger partial charge in [0, 0.05) is 24.0 Å². The Morgan fingerprint density at radius 3 is 2.43 bits per heavy atom. The maximum atomic E-state index is 12.7. The summed E-state index contributed by atoms with van der Waals surface area (Å²) in [5, 5.41) is 19.5. The Kier molecular flexibility index (Phi) is 4.32. The minimum absolute atomic E-state index is 0.179. The average molecular weight is 370 g/mol. The summed E-state index contributed by atoms with van der Waals surface area (Å²) in [6, 6.07) is 12.7. The van der Waals surface area contributed by atoms with Crippen LogP contribution in [0.3, 0.4) is 0 Å². The van der Waals surface area contributed by atoms with Crippen molar-refractivity contribution in [2.45, 2.75) is 51.0 Å². The number of benzene rings is 1. The van der Waals surface area contributed by atoms with Crippen LogP contribution in [-0.4, -0.2) is 9.55 Å². The van der Waals surface area contributed by atoms with Gasteiger partial charge in [-0.05, 0) is 37.8 Å². The van der Waals surface area contributed by atoms with Gasteiger partial charge in [-0.2, -0.15) is 10.5 Å². The van der Waals surface area contributed by atoms with E-state index in [1.807, 2.05) is 44.3 Å². The van der Waals surface area contributed by atoms with E-state index in [-0.39, 0.29) is 5.56 Å². The predicted octanol–water partition coefficient (Wildman–Crippen LogP) is 4.78. The van der Waals surface area contributed by atoms with Crippen LogP contribution < -0.4 is 5.56 Å². The zero-order chi connectivity index (χ0) is 19.9. The zero-order valence-electron chi connectivity index (χ0n) is 16.1. The molecule has 1 N–H and O–H groups in total. The number of pyridine rings is 1. The number of rotatable bonds is 3. The number of H-pyrrole nitrogens is 1. The van der Waals surface area contributed by atoms with E-state index in [2.05, 4.69) is 21.7 Å². The Morgan fingerprint density at radius 2 is 1.82 bits per heavy atom. The van der Waals surface area contributed by atoms with Crippen LogP contribution in [-0.2, 0) is 5.41 Å². The molecule has 28 heavy (non-hydrogen) atoms. The molecule has 2 aromatic heterocycles. The van der Waals surface area contributed by atoms with Crippen molar-refractivity contribution in [3.05, 3.63) is 58.1 Å². The van der Waals surface area contributed by atoms with Crippen molar-refractivity contribution in [1.82, 2.24) is 9.55 Å². The fourth-order valence-corrected chi connectivity index (χ4v) is 4.21. The summed E-state index contributed by atoms with van der Waals surface area (Å²) in [7, 11) is 0. The van der Waals surface area contributed by atoms with E-state index in [0.29, 0.717) is 17.0 Å². The highest BCUT2D eigenvalue weighted by molar-refractivity contribution is 5.98. The third-order valence-electron chi connectivity index (χ3n) is 5.90. The minimum atomic E-state index is -0.568. The molecule has 140 valence electrons. The summed E-state index contributed by atoms with van der Waals surface area (Å²) in [4.78, 5) is 15.4. The van der Waals surface area contributed by atoms with Crippen molar-refractivity contribution in [2.24, 2.45) is 0 Å². The van der Waals surface area contributed by atoms with E-state index in [9.17, 15) is 15.3 Å². The Labute approximate surface area is 163 Å². The fraction of sp³-hybridized carbons (Fsp3) is 0.348. The monoisotopic (exact) mass is 370 g/mol. The summed E-state index contributed by atoms with van der Waals surface area (Å²) < 4.78 is 2.14. The van der Waals surface area contributed by atoms with Gasteiger partial charge in [-0.25, -0.2) is 0 Å². The topological polar surface area (TPSA) is 85.4 Å². The quantitative estimate of drug-likeness (QED) is 0.719. The summed E-state index contributed by atoms with van der Waals surface area (Å²) in [6.45, 7) is 3.77. The molecule has 2 heterocycles. The Balaban J connectivity index is 1.94. The Hall–Kier alpha value is -3.31. The van der Waals surface area contributed by atoms with Crippen molar-refractivity contribution >= 4 is 10.9 Å². The van der Waals surface area contributed by atoms with E-state index in [1.54, 1.807) is 0 Å². The highest BCUT2D eigenvalue weighted by atomic mass is 16.1. The molecule has 0 spiro atoms. The molecule has 1 saturated carbocycles. The first-order chi connectivity index (χ1) is 13.5. The van der Waals surface area contributed by atoms with Gasteiger partial charge in [-0.1, -0.05) is 37.1 Å². The molecule has 1 aliphatic carbocycles. The minimum Gasteiger partial charge on any atom is -0.342 e. The lowest BCUT2D eigenvalue weighted by atomic mass is 9.85. The van der Waals surface area contributed by atoms with Crippen molar-refractivity contribution in [3.8, 4) is 23.3 Å². The van der Waals surface area contributed by atoms with Crippen molar-refractivity contribution < 1.29 is 0 Å². The third-order valence-corrected chi connectivity index (χ3v) is 5.90. The van der Waals surface area contributed by atoms with Crippen LogP contribution in [0.25, 0.3) is 22.0 Å². The molecule has 1 fully saturated rings. The van der Waals surface area contributed by atoms with Gasteiger partial charge in [0.15, 0.2) is 0 Å². The second kappa shape index (κ2) is 6.69. The van der Waals surface area contributed by atoms with Gasteiger partial charge in [0.2, 0.25) is 0 Å². The van der Waals surface area contributed by atoms with Crippen molar-refractivity contribution in [1.29, 1.82) is 10.5 Å². The summed E-state index contributed by atoms with van der Waals surface area (Å²) in [6.07, 6.45) is 8.01. The molecular weight excluding hydrogens is 348 g/mol. The standard InChI is InChI=1S/C23H22N4O/c1-23(2,14-25)17-9-7-15(8-10-17)19-13-27(18-5-3-4-6-18)21-16(11-24)12-26-22(28)20(19)21/h7-10,12-13,18H,3-6H2,1-2H3,(H,26,28). The van der Waals surface area contributed by atoms with Gasteiger partial charge in [-0.3, -0.25) is 4.79 Å². The number of nitrogens with zero attached hydrogens (tertiary/aromatic N) is 3. The predicted molar refractivity (Wildman–Crippen MR) is 109 cm³/mol. The highest BCUT2D eigenvalue weighted by Crippen LogP contribution is 2.38. The molecule has 3 aromatic rings. The Bertz CT molecular complexity index is 1180. The molecule has 5 nitrogen and oxygen atoms in total. The summed E-state index contributed by atoms with van der Waals surface area (Å²) in [5.74, 6) is 0. The largest absolute Gasteiger partial charge is 0.342 e. The molecule has 1 aliphatic rings. The maximum Gasteiger partial charge on any atom is 0.258 e. The van der Waals surface area contributed by atoms with Gasteiger partial charge in [0.1, 0.15) is 6.07 Å². The molecule has 0 amide bonds. The van der Waals surface area contributed by atoms with E-state index < -0.39 is 5.41 Å². The van der Waals surface area contributed by atoms with Gasteiger partial charge in [0.25, 0.3) is 5.56 Å². The van der Waals surface area contributed by atoms with Crippen LogP contribution in [0.15, 0.2) is 41.5 Å². The van der Waals surface area contributed by atoms with E-state index in [1.165, 1.54) is 19.0 Å². The molecule has 0 atom stereocenters. The third kappa shape index (κ3) is 2.80. The molecule has 0 unspecified atom stereocenters. The smallest absolute Gasteiger partial charge is 0.258 e. The van der Waals surface area contributed by atoms with E-state index in [4.69, 9.17) is 0 Å². The number of nitriles is 2.